The van der Waals surface area contributed by atoms with Crippen molar-refractivity contribution in [1.82, 2.24) is 0 Å². The maximum absolute atomic E-state index is 6.36. The Balaban J connectivity index is 1.01. The van der Waals surface area contributed by atoms with Crippen LogP contribution in [0.15, 0.2) is 217 Å². The lowest BCUT2D eigenvalue weighted by Gasteiger charge is -2.26. The summed E-state index contributed by atoms with van der Waals surface area (Å²) in [7, 11) is 0. The van der Waals surface area contributed by atoms with Crippen molar-refractivity contribution >= 4 is 49.8 Å². The van der Waals surface area contributed by atoms with Gasteiger partial charge in [-0.2, -0.15) is 0 Å². The Hall–Kier alpha value is -7.16. The van der Waals surface area contributed by atoms with Crippen molar-refractivity contribution in [3.05, 3.63) is 212 Å². The molecule has 10 rings (SSSR count). The van der Waals surface area contributed by atoms with Gasteiger partial charge in [0, 0.05) is 33.9 Å². The van der Waals surface area contributed by atoms with Crippen LogP contribution in [-0.2, 0) is 0 Å². The molecular weight excluding hydrogens is 655 g/mol. The van der Waals surface area contributed by atoms with Gasteiger partial charge in [-0.3, -0.25) is 0 Å². The highest BCUT2D eigenvalue weighted by Gasteiger charge is 2.17. The van der Waals surface area contributed by atoms with Crippen LogP contribution in [0.5, 0.6) is 0 Å². The number of hydrogen-bond donors (Lipinski definition) is 0. The van der Waals surface area contributed by atoms with Crippen LogP contribution in [0.4, 0.5) is 17.1 Å². The van der Waals surface area contributed by atoms with Gasteiger partial charge >= 0.3 is 0 Å². The van der Waals surface area contributed by atoms with E-state index in [1.54, 1.807) is 0 Å². The minimum absolute atomic E-state index is 0.871. The molecule has 0 unspecified atom stereocenters. The normalized spacial score (nSPS) is 11.3. The third kappa shape index (κ3) is 5.90. The van der Waals surface area contributed by atoms with E-state index in [1.165, 1.54) is 49.7 Å². The molecule has 0 saturated heterocycles. The van der Waals surface area contributed by atoms with Crippen LogP contribution in [0.3, 0.4) is 0 Å². The van der Waals surface area contributed by atoms with Gasteiger partial charge in [-0.1, -0.05) is 146 Å². The van der Waals surface area contributed by atoms with Crippen LogP contribution < -0.4 is 4.90 Å². The number of para-hydroxylation sites is 1. The first-order valence-corrected chi connectivity index (χ1v) is 18.4. The van der Waals surface area contributed by atoms with E-state index in [2.05, 4.69) is 205 Å². The molecular formula is C52H35NO. The van der Waals surface area contributed by atoms with Crippen molar-refractivity contribution < 1.29 is 4.42 Å². The molecule has 0 radical (unpaired) electrons. The van der Waals surface area contributed by atoms with Crippen LogP contribution in [0.25, 0.3) is 77.2 Å². The first kappa shape index (κ1) is 31.6. The zero-order valence-corrected chi connectivity index (χ0v) is 29.6. The monoisotopic (exact) mass is 689 g/mol. The number of nitrogens with zero attached hydrogens (tertiary/aromatic N) is 1. The summed E-state index contributed by atoms with van der Waals surface area (Å²) >= 11 is 0. The molecule has 54 heavy (non-hydrogen) atoms. The number of furan rings is 1. The summed E-state index contributed by atoms with van der Waals surface area (Å²) in [4.78, 5) is 2.32. The first-order valence-electron chi connectivity index (χ1n) is 18.4. The average Bonchev–Trinajstić information content (AvgIpc) is 3.62. The second kappa shape index (κ2) is 13.4. The van der Waals surface area contributed by atoms with Crippen molar-refractivity contribution in [3.8, 4) is 44.5 Å². The summed E-state index contributed by atoms with van der Waals surface area (Å²) in [6.45, 7) is 0. The van der Waals surface area contributed by atoms with E-state index in [4.69, 9.17) is 4.42 Å². The third-order valence-corrected chi connectivity index (χ3v) is 10.4. The Bertz CT molecular complexity index is 2940. The van der Waals surface area contributed by atoms with Gasteiger partial charge in [-0.05, 0) is 116 Å². The highest BCUT2D eigenvalue weighted by atomic mass is 16.3. The Morgan fingerprint density at radius 2 is 0.759 bits per heavy atom. The molecule has 254 valence electrons. The predicted molar refractivity (Wildman–Crippen MR) is 228 cm³/mol. The molecule has 0 aliphatic carbocycles. The van der Waals surface area contributed by atoms with E-state index >= 15 is 0 Å². The second-order valence-electron chi connectivity index (χ2n) is 13.8. The first-order chi connectivity index (χ1) is 26.7. The second-order valence-corrected chi connectivity index (χ2v) is 13.8. The van der Waals surface area contributed by atoms with Gasteiger partial charge in [0.1, 0.15) is 11.2 Å². The Labute approximate surface area is 314 Å². The van der Waals surface area contributed by atoms with E-state index in [9.17, 15) is 0 Å². The standard InChI is InChI=1S/C52H35NO/c1-2-11-36(12-3-1)44-19-10-20-47(34-44)53(48-29-30-50-49-21-6-7-22-51(49)54-52(50)35-48)46-27-25-38(26-28-46)40-15-8-16-41(31-40)42-17-9-18-43(33-42)45-24-23-37-13-4-5-14-39(37)32-45/h1-35H. The van der Waals surface area contributed by atoms with Crippen molar-refractivity contribution in [2.24, 2.45) is 0 Å². The molecule has 0 amide bonds. The van der Waals surface area contributed by atoms with E-state index < -0.39 is 0 Å². The molecule has 2 nitrogen and oxygen atoms in total. The van der Waals surface area contributed by atoms with E-state index in [0.717, 1.165) is 44.6 Å². The third-order valence-electron chi connectivity index (χ3n) is 10.4. The number of fused-ring (bicyclic) bond motifs is 4. The molecule has 1 aromatic heterocycles. The highest BCUT2D eigenvalue weighted by molar-refractivity contribution is 6.06. The maximum Gasteiger partial charge on any atom is 0.137 e. The smallest absolute Gasteiger partial charge is 0.137 e. The molecule has 9 aromatic carbocycles. The summed E-state index contributed by atoms with van der Waals surface area (Å²) in [5.74, 6) is 0. The fraction of sp³-hybridized carbons (Fsp3) is 0. The van der Waals surface area contributed by atoms with Gasteiger partial charge in [0.05, 0.1) is 0 Å². The Morgan fingerprint density at radius 1 is 0.259 bits per heavy atom. The largest absolute Gasteiger partial charge is 0.456 e. The molecule has 0 saturated carbocycles. The van der Waals surface area contributed by atoms with Crippen LogP contribution in [0, 0.1) is 0 Å². The number of anilines is 3. The molecule has 0 aliphatic rings. The number of rotatable bonds is 7. The van der Waals surface area contributed by atoms with Crippen molar-refractivity contribution in [2.75, 3.05) is 4.90 Å². The van der Waals surface area contributed by atoms with E-state index in [0.29, 0.717) is 0 Å². The average molecular weight is 690 g/mol. The SMILES string of the molecule is c1ccc(-c2cccc(N(c3ccc(-c4cccc(-c5cccc(-c6ccc7ccccc7c6)c5)c4)cc3)c3ccc4c(c3)oc3ccccc34)c2)cc1. The number of benzene rings is 9. The van der Waals surface area contributed by atoms with E-state index in [-0.39, 0.29) is 0 Å². The molecule has 2 heteroatoms. The maximum atomic E-state index is 6.36. The molecule has 0 bridgehead atoms. The summed E-state index contributed by atoms with van der Waals surface area (Å²) in [5.41, 5.74) is 14.5. The summed E-state index contributed by atoms with van der Waals surface area (Å²) < 4.78 is 6.36. The molecule has 0 aliphatic heterocycles. The van der Waals surface area contributed by atoms with Gasteiger partial charge < -0.3 is 9.32 Å². The molecule has 0 fully saturated rings. The molecule has 0 spiro atoms. The summed E-state index contributed by atoms with van der Waals surface area (Å²) in [5, 5.41) is 4.75. The molecule has 1 heterocycles. The predicted octanol–water partition coefficient (Wildman–Crippen LogP) is 14.9. The lowest BCUT2D eigenvalue weighted by Crippen LogP contribution is -2.10. The minimum atomic E-state index is 0.871. The fourth-order valence-corrected chi connectivity index (χ4v) is 7.68. The number of hydrogen-bond acceptors (Lipinski definition) is 2. The topological polar surface area (TPSA) is 16.4 Å². The Kier molecular flexibility index (Phi) is 7.85. The molecule has 0 N–H and O–H groups in total. The van der Waals surface area contributed by atoms with Crippen LogP contribution in [-0.4, -0.2) is 0 Å². The lowest BCUT2D eigenvalue weighted by atomic mass is 9.95. The highest BCUT2D eigenvalue weighted by Crippen LogP contribution is 2.40. The Morgan fingerprint density at radius 3 is 1.52 bits per heavy atom. The van der Waals surface area contributed by atoms with Crippen LogP contribution in [0.2, 0.25) is 0 Å². The molecule has 10 aromatic rings. The zero-order valence-electron chi connectivity index (χ0n) is 29.6. The van der Waals surface area contributed by atoms with Crippen molar-refractivity contribution in [2.45, 2.75) is 0 Å². The summed E-state index contributed by atoms with van der Waals surface area (Å²) in [6, 6.07) is 75.9. The van der Waals surface area contributed by atoms with Gasteiger partial charge in [0.2, 0.25) is 0 Å². The van der Waals surface area contributed by atoms with Gasteiger partial charge in [-0.15, -0.1) is 0 Å². The molecule has 0 atom stereocenters. The minimum Gasteiger partial charge on any atom is -0.456 e. The van der Waals surface area contributed by atoms with Crippen molar-refractivity contribution in [1.29, 1.82) is 0 Å². The zero-order chi connectivity index (χ0) is 35.8. The fourth-order valence-electron chi connectivity index (χ4n) is 7.68. The van der Waals surface area contributed by atoms with Crippen LogP contribution >= 0.6 is 0 Å². The van der Waals surface area contributed by atoms with Gasteiger partial charge in [0.15, 0.2) is 0 Å². The summed E-state index contributed by atoms with van der Waals surface area (Å²) in [6.07, 6.45) is 0. The van der Waals surface area contributed by atoms with Crippen LogP contribution in [0.1, 0.15) is 0 Å². The quantitative estimate of drug-likeness (QED) is 0.166. The van der Waals surface area contributed by atoms with Gasteiger partial charge in [-0.25, -0.2) is 0 Å². The van der Waals surface area contributed by atoms with E-state index in [1.807, 2.05) is 12.1 Å². The van der Waals surface area contributed by atoms with Crippen molar-refractivity contribution in [3.63, 3.8) is 0 Å². The van der Waals surface area contributed by atoms with Gasteiger partial charge in [0.25, 0.3) is 0 Å². The lowest BCUT2D eigenvalue weighted by molar-refractivity contribution is 0.669.